The number of esters is 1. The minimum atomic E-state index is -0.794. The van der Waals surface area contributed by atoms with Gasteiger partial charge in [-0.3, -0.25) is 10.1 Å². The molecule has 1 aromatic carbocycles. The molecule has 122 valence electrons. The van der Waals surface area contributed by atoms with E-state index >= 15 is 0 Å². The Bertz CT molecular complexity index is 698. The van der Waals surface area contributed by atoms with Crippen LogP contribution in [0.5, 0.6) is 0 Å². The molecule has 0 saturated carbocycles. The summed E-state index contributed by atoms with van der Waals surface area (Å²) in [5.41, 5.74) is 1.04. The van der Waals surface area contributed by atoms with Crippen molar-refractivity contribution in [3.8, 4) is 0 Å². The van der Waals surface area contributed by atoms with Gasteiger partial charge in [0.25, 0.3) is 5.69 Å². The number of nitrogens with zero attached hydrogens (tertiary/aromatic N) is 2. The second-order valence-corrected chi connectivity index (χ2v) is 5.01. The van der Waals surface area contributed by atoms with Crippen molar-refractivity contribution in [2.75, 3.05) is 13.7 Å². The Morgan fingerprint density at radius 2 is 2.17 bits per heavy atom. The predicted octanol–water partition coefficient (Wildman–Crippen LogP) is 2.13. The van der Waals surface area contributed by atoms with Crippen LogP contribution in [0.15, 0.2) is 35.5 Å². The van der Waals surface area contributed by atoms with Crippen molar-refractivity contribution in [3.63, 3.8) is 0 Å². The van der Waals surface area contributed by atoms with E-state index in [2.05, 4.69) is 5.32 Å². The fourth-order valence-electron chi connectivity index (χ4n) is 2.38. The zero-order chi connectivity index (χ0) is 17.1. The lowest BCUT2D eigenvalue weighted by Crippen LogP contribution is -2.46. The lowest BCUT2D eigenvalue weighted by molar-refractivity contribution is -0.384. The Hall–Kier alpha value is -2.90. The summed E-state index contributed by atoms with van der Waals surface area (Å²) in [6.07, 6.45) is 0. The first kappa shape index (κ1) is 16.5. The standard InChI is InChI=1S/C15H17N3O5/c1-4-23-14(19)12-9(2)17(3)15(20)16-13(12)10-6-5-7-11(8-10)18(21)22/h5-8,13H,4H2,1-3H3,(H,16,20)/t13-/m0/s1. The van der Waals surface area contributed by atoms with Gasteiger partial charge in [0.15, 0.2) is 0 Å². The van der Waals surface area contributed by atoms with Crippen LogP contribution in [0, 0.1) is 10.1 Å². The number of ether oxygens (including phenoxy) is 1. The van der Waals surface area contributed by atoms with Crippen molar-refractivity contribution < 1.29 is 19.2 Å². The lowest BCUT2D eigenvalue weighted by atomic mass is 9.95. The summed E-state index contributed by atoms with van der Waals surface area (Å²) in [7, 11) is 1.54. The number of benzene rings is 1. The van der Waals surface area contributed by atoms with Crippen molar-refractivity contribution >= 4 is 17.7 Å². The molecular weight excluding hydrogens is 302 g/mol. The molecule has 1 aliphatic rings. The number of allylic oxidation sites excluding steroid dienone is 1. The number of nitrogens with one attached hydrogen (secondary N) is 1. The first-order chi connectivity index (χ1) is 10.9. The molecule has 2 amide bonds. The average molecular weight is 319 g/mol. The summed E-state index contributed by atoms with van der Waals surface area (Å²) < 4.78 is 5.06. The molecule has 23 heavy (non-hydrogen) atoms. The van der Waals surface area contributed by atoms with Crippen LogP contribution >= 0.6 is 0 Å². The number of urea groups is 1. The van der Waals surface area contributed by atoms with Crippen molar-refractivity contribution in [2.24, 2.45) is 0 Å². The molecule has 1 aromatic rings. The summed E-state index contributed by atoms with van der Waals surface area (Å²) in [4.78, 5) is 36.0. The van der Waals surface area contributed by atoms with E-state index in [4.69, 9.17) is 4.74 Å². The predicted molar refractivity (Wildman–Crippen MR) is 81.5 cm³/mol. The van der Waals surface area contributed by atoms with Crippen molar-refractivity contribution in [3.05, 3.63) is 51.2 Å². The maximum atomic E-state index is 12.3. The number of non-ortho nitro benzene ring substituents is 1. The van der Waals surface area contributed by atoms with Crippen LogP contribution in [0.25, 0.3) is 0 Å². The van der Waals surface area contributed by atoms with Crippen LogP contribution in [0.1, 0.15) is 25.5 Å². The van der Waals surface area contributed by atoms with E-state index < -0.39 is 23.0 Å². The lowest BCUT2D eigenvalue weighted by Gasteiger charge is -2.33. The third kappa shape index (κ3) is 3.15. The summed E-state index contributed by atoms with van der Waals surface area (Å²) in [6, 6.07) is 4.62. The third-order valence-electron chi connectivity index (χ3n) is 3.66. The Morgan fingerprint density at radius 1 is 1.48 bits per heavy atom. The van der Waals surface area contributed by atoms with Crippen LogP contribution in [0.4, 0.5) is 10.5 Å². The van der Waals surface area contributed by atoms with Gasteiger partial charge in [0.2, 0.25) is 0 Å². The zero-order valence-electron chi connectivity index (χ0n) is 13.0. The number of hydrogen-bond acceptors (Lipinski definition) is 5. The highest BCUT2D eigenvalue weighted by molar-refractivity contribution is 5.95. The number of carbonyl (C=O) groups is 2. The van der Waals surface area contributed by atoms with E-state index in [9.17, 15) is 19.7 Å². The van der Waals surface area contributed by atoms with E-state index in [-0.39, 0.29) is 17.9 Å². The molecule has 8 heteroatoms. The van der Waals surface area contributed by atoms with Crippen LogP contribution in [0.3, 0.4) is 0 Å². The van der Waals surface area contributed by atoms with Crippen molar-refractivity contribution in [1.29, 1.82) is 0 Å². The van der Waals surface area contributed by atoms with E-state index in [1.807, 2.05) is 0 Å². The van der Waals surface area contributed by atoms with Gasteiger partial charge in [0.05, 0.1) is 23.1 Å². The highest BCUT2D eigenvalue weighted by Crippen LogP contribution is 2.32. The number of carbonyl (C=O) groups excluding carboxylic acids is 2. The molecule has 0 unspecified atom stereocenters. The molecule has 1 atom stereocenters. The molecular formula is C15H17N3O5. The smallest absolute Gasteiger partial charge is 0.338 e. The van der Waals surface area contributed by atoms with Gasteiger partial charge in [0, 0.05) is 24.9 Å². The minimum Gasteiger partial charge on any atom is -0.463 e. The number of rotatable bonds is 4. The molecule has 2 rings (SSSR count). The Kier molecular flexibility index (Phi) is 4.63. The zero-order valence-corrected chi connectivity index (χ0v) is 13.0. The van der Waals surface area contributed by atoms with Crippen LogP contribution in [-0.4, -0.2) is 35.5 Å². The number of nitro groups is 1. The van der Waals surface area contributed by atoms with Gasteiger partial charge in [-0.05, 0) is 19.4 Å². The first-order valence-electron chi connectivity index (χ1n) is 7.03. The van der Waals surface area contributed by atoms with Gasteiger partial charge in [-0.2, -0.15) is 0 Å². The fourth-order valence-corrected chi connectivity index (χ4v) is 2.38. The molecule has 0 saturated heterocycles. The van der Waals surface area contributed by atoms with Gasteiger partial charge in [0.1, 0.15) is 0 Å². The normalized spacial score (nSPS) is 17.8. The molecule has 0 radical (unpaired) electrons. The van der Waals surface area contributed by atoms with Gasteiger partial charge < -0.3 is 15.0 Å². The summed E-state index contributed by atoms with van der Waals surface area (Å²) >= 11 is 0. The molecule has 0 fully saturated rings. The summed E-state index contributed by atoms with van der Waals surface area (Å²) in [6.45, 7) is 3.51. The maximum Gasteiger partial charge on any atom is 0.338 e. The molecule has 0 aromatic heterocycles. The van der Waals surface area contributed by atoms with Crippen LogP contribution in [-0.2, 0) is 9.53 Å². The van der Waals surface area contributed by atoms with Crippen LogP contribution < -0.4 is 5.32 Å². The quantitative estimate of drug-likeness (QED) is 0.520. The monoisotopic (exact) mass is 319 g/mol. The number of hydrogen-bond donors (Lipinski definition) is 1. The van der Waals surface area contributed by atoms with E-state index in [1.165, 1.54) is 30.1 Å². The number of nitro benzene ring substituents is 1. The van der Waals surface area contributed by atoms with E-state index in [0.29, 0.717) is 11.3 Å². The second kappa shape index (κ2) is 6.47. The Labute approximate surface area is 132 Å². The van der Waals surface area contributed by atoms with Crippen LogP contribution in [0.2, 0.25) is 0 Å². The molecule has 1 heterocycles. The van der Waals surface area contributed by atoms with Crippen molar-refractivity contribution in [2.45, 2.75) is 19.9 Å². The Morgan fingerprint density at radius 3 is 2.78 bits per heavy atom. The number of amides is 2. The second-order valence-electron chi connectivity index (χ2n) is 5.01. The average Bonchev–Trinajstić information content (AvgIpc) is 2.52. The molecule has 8 nitrogen and oxygen atoms in total. The summed E-state index contributed by atoms with van der Waals surface area (Å²) in [5, 5.41) is 13.6. The van der Waals surface area contributed by atoms with E-state index in [1.54, 1.807) is 19.9 Å². The molecule has 0 spiro atoms. The molecule has 1 aliphatic heterocycles. The van der Waals surface area contributed by atoms with E-state index in [0.717, 1.165) is 0 Å². The Balaban J connectivity index is 2.53. The minimum absolute atomic E-state index is 0.114. The summed E-state index contributed by atoms with van der Waals surface area (Å²) in [5.74, 6) is -0.562. The highest BCUT2D eigenvalue weighted by Gasteiger charge is 2.35. The van der Waals surface area contributed by atoms with Gasteiger partial charge in [-0.25, -0.2) is 9.59 Å². The highest BCUT2D eigenvalue weighted by atomic mass is 16.6. The van der Waals surface area contributed by atoms with Gasteiger partial charge in [-0.15, -0.1) is 0 Å². The van der Waals surface area contributed by atoms with Gasteiger partial charge in [-0.1, -0.05) is 12.1 Å². The fraction of sp³-hybridized carbons (Fsp3) is 0.333. The first-order valence-corrected chi connectivity index (χ1v) is 7.03. The molecule has 0 aliphatic carbocycles. The van der Waals surface area contributed by atoms with Gasteiger partial charge >= 0.3 is 12.0 Å². The maximum absolute atomic E-state index is 12.3. The molecule has 1 N–H and O–H groups in total. The molecule has 0 bridgehead atoms. The largest absolute Gasteiger partial charge is 0.463 e. The van der Waals surface area contributed by atoms with Crippen molar-refractivity contribution in [1.82, 2.24) is 10.2 Å². The SMILES string of the molecule is CCOC(=O)C1=C(C)N(C)C(=O)N[C@H]1c1cccc([N+](=O)[O-])c1. The third-order valence-corrected chi connectivity index (χ3v) is 3.66. The topological polar surface area (TPSA) is 102 Å².